The summed E-state index contributed by atoms with van der Waals surface area (Å²) in [7, 11) is -7.44. The van der Waals surface area contributed by atoms with Crippen molar-refractivity contribution in [1.29, 1.82) is 0 Å². The quantitative estimate of drug-likeness (QED) is 0.845. The first kappa shape index (κ1) is 18.0. The normalized spacial score (nSPS) is 18.1. The van der Waals surface area contributed by atoms with Gasteiger partial charge in [-0.25, -0.2) is 31.2 Å². The minimum Gasteiger partial charge on any atom is -0.248 e. The number of aryl methyl sites for hydroxylation is 2. The summed E-state index contributed by atoms with van der Waals surface area (Å²) in [4.78, 5) is 4.15. The third kappa shape index (κ3) is 3.46. The lowest BCUT2D eigenvalue weighted by atomic mass is 10.1. The number of nitrogens with zero attached hydrogens (tertiary/aromatic N) is 3. The minimum atomic E-state index is -3.91. The fourth-order valence-corrected chi connectivity index (χ4v) is 5.82. The maximum atomic E-state index is 12.9. The Kier molecular flexibility index (Phi) is 4.46. The zero-order chi connectivity index (χ0) is 18.4. The van der Waals surface area contributed by atoms with Crippen molar-refractivity contribution >= 4 is 19.9 Å². The Balaban J connectivity index is 2.04. The topological polar surface area (TPSA) is 111 Å². The van der Waals surface area contributed by atoms with Crippen molar-refractivity contribution in [3.05, 3.63) is 35.4 Å². The lowest BCUT2D eigenvalue weighted by molar-refractivity contribution is 0.400. The maximum absolute atomic E-state index is 12.9. The standard InChI is InChI=1S/C15H20N4O4S2/c1-10-7-13(24(3,20)21)11(2)14(8-10)25(22,23)18-12-5-4-6-19-15(12)16-9-17-19/h7-9,12,18H,4-6H2,1-3H3/t12-/m1/s1. The molecule has 0 bridgehead atoms. The van der Waals surface area contributed by atoms with Gasteiger partial charge in [0.1, 0.15) is 12.2 Å². The number of aromatic nitrogens is 3. The number of hydrogen-bond donors (Lipinski definition) is 1. The van der Waals surface area contributed by atoms with Crippen molar-refractivity contribution in [1.82, 2.24) is 19.5 Å². The van der Waals surface area contributed by atoms with Gasteiger partial charge in [-0.3, -0.25) is 0 Å². The molecule has 0 saturated heterocycles. The molecule has 1 N–H and O–H groups in total. The van der Waals surface area contributed by atoms with Crippen LogP contribution in [0.1, 0.15) is 35.8 Å². The Labute approximate surface area is 147 Å². The Morgan fingerprint density at radius 3 is 2.52 bits per heavy atom. The van der Waals surface area contributed by atoms with Crippen molar-refractivity contribution < 1.29 is 16.8 Å². The Hall–Kier alpha value is -1.78. The number of sulfone groups is 1. The van der Waals surface area contributed by atoms with Crippen LogP contribution in [0.4, 0.5) is 0 Å². The number of rotatable bonds is 4. The molecule has 2 heterocycles. The van der Waals surface area contributed by atoms with Gasteiger partial charge < -0.3 is 0 Å². The van der Waals surface area contributed by atoms with Gasteiger partial charge in [0.15, 0.2) is 9.84 Å². The average Bonchev–Trinajstić information content (AvgIpc) is 2.97. The van der Waals surface area contributed by atoms with Gasteiger partial charge in [0.25, 0.3) is 0 Å². The van der Waals surface area contributed by atoms with Crippen LogP contribution in [-0.4, -0.2) is 37.9 Å². The van der Waals surface area contributed by atoms with Crippen LogP contribution in [-0.2, 0) is 26.4 Å². The van der Waals surface area contributed by atoms with Crippen LogP contribution in [0.3, 0.4) is 0 Å². The number of nitrogens with one attached hydrogen (secondary N) is 1. The van der Waals surface area contributed by atoms with Crippen molar-refractivity contribution in [3.8, 4) is 0 Å². The largest absolute Gasteiger partial charge is 0.248 e. The molecule has 1 atom stereocenters. The fraction of sp³-hybridized carbons (Fsp3) is 0.467. The predicted octanol–water partition coefficient (Wildman–Crippen LogP) is 1.11. The van der Waals surface area contributed by atoms with E-state index in [9.17, 15) is 16.8 Å². The van der Waals surface area contributed by atoms with Crippen molar-refractivity contribution in [2.45, 2.75) is 49.1 Å². The van der Waals surface area contributed by atoms with E-state index in [2.05, 4.69) is 14.8 Å². The smallest absolute Gasteiger partial charge is 0.241 e. The van der Waals surface area contributed by atoms with Crippen molar-refractivity contribution in [2.75, 3.05) is 6.26 Å². The van der Waals surface area contributed by atoms with Crippen molar-refractivity contribution in [2.24, 2.45) is 0 Å². The van der Waals surface area contributed by atoms with Crippen LogP contribution < -0.4 is 4.72 Å². The Bertz CT molecular complexity index is 1030. The molecule has 136 valence electrons. The molecule has 10 heteroatoms. The first-order valence-electron chi connectivity index (χ1n) is 7.81. The molecule has 0 aliphatic carbocycles. The van der Waals surface area contributed by atoms with E-state index in [1.165, 1.54) is 25.4 Å². The Morgan fingerprint density at radius 1 is 1.16 bits per heavy atom. The molecule has 1 aliphatic rings. The summed E-state index contributed by atoms with van der Waals surface area (Å²) in [5.41, 5.74) is 0.788. The zero-order valence-electron chi connectivity index (χ0n) is 14.2. The third-order valence-electron chi connectivity index (χ3n) is 4.26. The second-order valence-corrected chi connectivity index (χ2v) is 9.98. The fourth-order valence-electron chi connectivity index (χ4n) is 3.11. The molecule has 3 rings (SSSR count). The molecule has 25 heavy (non-hydrogen) atoms. The van der Waals surface area contributed by atoms with Crippen LogP contribution >= 0.6 is 0 Å². The molecule has 2 aromatic rings. The highest BCUT2D eigenvalue weighted by Gasteiger charge is 2.30. The first-order chi connectivity index (χ1) is 11.6. The highest BCUT2D eigenvalue weighted by atomic mass is 32.2. The molecule has 0 radical (unpaired) electrons. The van der Waals surface area contributed by atoms with Gasteiger partial charge in [0, 0.05) is 12.8 Å². The summed E-state index contributed by atoms with van der Waals surface area (Å²) >= 11 is 0. The molecular weight excluding hydrogens is 364 g/mol. The van der Waals surface area contributed by atoms with E-state index in [1.807, 2.05) is 0 Å². The third-order valence-corrected chi connectivity index (χ3v) is 7.08. The van der Waals surface area contributed by atoms with E-state index in [-0.39, 0.29) is 15.4 Å². The molecular formula is C15H20N4O4S2. The number of sulfonamides is 1. The molecule has 0 saturated carbocycles. The number of hydrogen-bond acceptors (Lipinski definition) is 6. The first-order valence-corrected chi connectivity index (χ1v) is 11.2. The molecule has 0 fully saturated rings. The maximum Gasteiger partial charge on any atom is 0.241 e. The van der Waals surface area contributed by atoms with Crippen LogP contribution in [0.15, 0.2) is 28.3 Å². The highest BCUT2D eigenvalue weighted by Crippen LogP contribution is 2.28. The molecule has 0 unspecified atom stereocenters. The SMILES string of the molecule is Cc1cc(S(C)(=O)=O)c(C)c(S(=O)(=O)N[C@@H]2CCCn3ncnc32)c1. The molecule has 0 amide bonds. The Morgan fingerprint density at radius 2 is 1.84 bits per heavy atom. The van der Waals surface area contributed by atoms with Crippen LogP contribution in [0.25, 0.3) is 0 Å². The molecule has 1 aromatic carbocycles. The van der Waals surface area contributed by atoms with E-state index in [1.54, 1.807) is 11.6 Å². The highest BCUT2D eigenvalue weighted by molar-refractivity contribution is 7.91. The molecule has 1 aromatic heterocycles. The van der Waals surface area contributed by atoms with Crippen LogP contribution in [0.5, 0.6) is 0 Å². The summed E-state index contributed by atoms with van der Waals surface area (Å²) in [5, 5.41) is 4.08. The lowest BCUT2D eigenvalue weighted by Gasteiger charge is -2.23. The second-order valence-electron chi connectivity index (χ2n) is 6.32. The monoisotopic (exact) mass is 384 g/mol. The van der Waals surface area contributed by atoms with Gasteiger partial charge in [0.05, 0.1) is 15.8 Å². The van der Waals surface area contributed by atoms with Gasteiger partial charge in [-0.05, 0) is 49.9 Å². The summed E-state index contributed by atoms with van der Waals surface area (Å²) in [6.45, 7) is 3.88. The van der Waals surface area contributed by atoms with Gasteiger partial charge in [-0.15, -0.1) is 0 Å². The van der Waals surface area contributed by atoms with Gasteiger partial charge in [-0.2, -0.15) is 5.10 Å². The average molecular weight is 384 g/mol. The number of benzene rings is 1. The molecule has 8 nitrogen and oxygen atoms in total. The van der Waals surface area contributed by atoms with Crippen molar-refractivity contribution in [3.63, 3.8) is 0 Å². The van der Waals surface area contributed by atoms with Gasteiger partial charge >= 0.3 is 0 Å². The van der Waals surface area contributed by atoms with E-state index in [0.717, 1.165) is 12.7 Å². The summed E-state index contributed by atoms with van der Waals surface area (Å²) in [6.07, 6.45) is 3.87. The van der Waals surface area contributed by atoms with Gasteiger partial charge in [0.2, 0.25) is 10.0 Å². The van der Waals surface area contributed by atoms with Gasteiger partial charge in [-0.1, -0.05) is 0 Å². The molecule has 0 spiro atoms. The number of fused-ring (bicyclic) bond motifs is 1. The summed E-state index contributed by atoms with van der Waals surface area (Å²) in [5.74, 6) is 0.573. The van der Waals surface area contributed by atoms with E-state index >= 15 is 0 Å². The minimum absolute atomic E-state index is 0.0236. The zero-order valence-corrected chi connectivity index (χ0v) is 15.9. The van der Waals surface area contributed by atoms with E-state index < -0.39 is 25.9 Å². The predicted molar refractivity (Wildman–Crippen MR) is 91.3 cm³/mol. The summed E-state index contributed by atoms with van der Waals surface area (Å²) < 4.78 is 54.1. The molecule has 1 aliphatic heterocycles. The van der Waals surface area contributed by atoms with E-state index in [4.69, 9.17) is 0 Å². The summed E-state index contributed by atoms with van der Waals surface area (Å²) in [6, 6.07) is 2.49. The van der Waals surface area contributed by atoms with Crippen LogP contribution in [0.2, 0.25) is 0 Å². The van der Waals surface area contributed by atoms with E-state index in [0.29, 0.717) is 24.4 Å². The second kappa shape index (κ2) is 6.19. The lowest BCUT2D eigenvalue weighted by Crippen LogP contribution is -2.33. The van der Waals surface area contributed by atoms with Crippen LogP contribution in [0, 0.1) is 13.8 Å².